The van der Waals surface area contributed by atoms with E-state index in [4.69, 9.17) is 9.84 Å². The van der Waals surface area contributed by atoms with Crippen LogP contribution in [0.5, 0.6) is 0 Å². The molecular formula is C16H21NO2. The van der Waals surface area contributed by atoms with E-state index in [2.05, 4.69) is 26.0 Å². The lowest BCUT2D eigenvalue weighted by Crippen LogP contribution is -2.39. The fourth-order valence-corrected chi connectivity index (χ4v) is 2.79. The van der Waals surface area contributed by atoms with Crippen molar-refractivity contribution in [2.24, 2.45) is 0 Å². The quantitative estimate of drug-likeness (QED) is 0.846. The zero-order chi connectivity index (χ0) is 13.9. The van der Waals surface area contributed by atoms with Crippen molar-refractivity contribution in [1.29, 1.82) is 5.26 Å². The molecule has 0 fully saturated rings. The van der Waals surface area contributed by atoms with Gasteiger partial charge in [-0.25, -0.2) is 0 Å². The van der Waals surface area contributed by atoms with Crippen molar-refractivity contribution in [2.75, 3.05) is 13.2 Å². The van der Waals surface area contributed by atoms with Gasteiger partial charge in [-0.2, -0.15) is 5.26 Å². The number of benzene rings is 1. The van der Waals surface area contributed by atoms with Crippen LogP contribution in [0.4, 0.5) is 0 Å². The normalized spacial score (nSPS) is 24.5. The smallest absolute Gasteiger partial charge is 0.179 e. The maximum Gasteiger partial charge on any atom is 0.179 e. The van der Waals surface area contributed by atoms with Crippen LogP contribution in [0.2, 0.25) is 0 Å². The van der Waals surface area contributed by atoms with Crippen LogP contribution in [0.3, 0.4) is 0 Å². The molecule has 0 aromatic heterocycles. The highest BCUT2D eigenvalue weighted by Gasteiger charge is 2.43. The molecule has 2 rings (SSSR count). The second-order valence-corrected chi connectivity index (χ2v) is 5.79. The van der Waals surface area contributed by atoms with Crippen LogP contribution < -0.4 is 0 Å². The molecule has 0 radical (unpaired) electrons. The van der Waals surface area contributed by atoms with Gasteiger partial charge in [0.1, 0.15) is 6.07 Å². The molecule has 0 aliphatic heterocycles. The maximum atomic E-state index is 9.62. The Bertz CT molecular complexity index is 490. The number of hydrogen-bond donors (Lipinski definition) is 1. The molecule has 19 heavy (non-hydrogen) atoms. The maximum absolute atomic E-state index is 9.62. The average Bonchev–Trinajstić information content (AvgIpc) is 2.42. The lowest BCUT2D eigenvalue weighted by atomic mass is 9.67. The van der Waals surface area contributed by atoms with Crippen molar-refractivity contribution in [3.63, 3.8) is 0 Å². The van der Waals surface area contributed by atoms with E-state index in [0.29, 0.717) is 19.4 Å². The van der Waals surface area contributed by atoms with Crippen molar-refractivity contribution >= 4 is 0 Å². The van der Waals surface area contributed by atoms with Crippen molar-refractivity contribution in [3.8, 4) is 6.07 Å². The lowest BCUT2D eigenvalue weighted by molar-refractivity contribution is -0.0298. The van der Waals surface area contributed by atoms with Crippen molar-refractivity contribution in [3.05, 3.63) is 35.4 Å². The van der Waals surface area contributed by atoms with Crippen LogP contribution in [0.25, 0.3) is 0 Å². The fraction of sp³-hybridized carbons (Fsp3) is 0.562. The highest BCUT2D eigenvalue weighted by molar-refractivity contribution is 5.43. The minimum absolute atomic E-state index is 0.0806. The number of rotatable bonds is 4. The standard InChI is InChI=1S/C16H21NO2/c1-15(2)8-9-16(12-17,19-11-5-10-18)14-7-4-3-6-13(14)15/h3-4,6-7,18H,5,8-11H2,1-2H3. The molecule has 102 valence electrons. The molecule has 0 saturated carbocycles. The van der Waals surface area contributed by atoms with E-state index in [9.17, 15) is 5.26 Å². The predicted molar refractivity (Wildman–Crippen MR) is 73.6 cm³/mol. The molecule has 1 aromatic rings. The first-order chi connectivity index (χ1) is 9.06. The third kappa shape index (κ3) is 2.51. The van der Waals surface area contributed by atoms with Gasteiger partial charge in [0.25, 0.3) is 0 Å². The van der Waals surface area contributed by atoms with E-state index in [-0.39, 0.29) is 12.0 Å². The molecule has 1 atom stereocenters. The second-order valence-electron chi connectivity index (χ2n) is 5.79. The molecule has 1 aliphatic rings. The molecule has 0 heterocycles. The Morgan fingerprint density at radius 2 is 1.95 bits per heavy atom. The largest absolute Gasteiger partial charge is 0.396 e. The van der Waals surface area contributed by atoms with E-state index in [1.807, 2.05) is 18.2 Å². The van der Waals surface area contributed by atoms with Crippen LogP contribution in [-0.2, 0) is 15.8 Å². The number of nitriles is 1. The summed E-state index contributed by atoms with van der Waals surface area (Å²) in [5, 5.41) is 18.5. The summed E-state index contributed by atoms with van der Waals surface area (Å²) < 4.78 is 5.86. The molecule has 0 saturated heterocycles. The first kappa shape index (κ1) is 14.0. The summed E-state index contributed by atoms with van der Waals surface area (Å²) in [7, 11) is 0. The summed E-state index contributed by atoms with van der Waals surface area (Å²) >= 11 is 0. The van der Waals surface area contributed by atoms with Crippen LogP contribution in [0.1, 0.15) is 44.2 Å². The van der Waals surface area contributed by atoms with Gasteiger partial charge >= 0.3 is 0 Å². The number of fused-ring (bicyclic) bond motifs is 1. The number of hydrogen-bond acceptors (Lipinski definition) is 3. The summed E-state index contributed by atoms with van der Waals surface area (Å²) in [5.41, 5.74) is 1.43. The Morgan fingerprint density at radius 3 is 2.58 bits per heavy atom. The first-order valence-corrected chi connectivity index (χ1v) is 6.82. The highest BCUT2D eigenvalue weighted by atomic mass is 16.5. The Labute approximate surface area is 114 Å². The van der Waals surface area contributed by atoms with Gasteiger partial charge in [0.05, 0.1) is 6.61 Å². The molecular weight excluding hydrogens is 238 g/mol. The van der Waals surface area contributed by atoms with Crippen molar-refractivity contribution in [2.45, 2.75) is 44.1 Å². The monoisotopic (exact) mass is 259 g/mol. The van der Waals surface area contributed by atoms with Gasteiger partial charge in [0, 0.05) is 12.2 Å². The third-order valence-electron chi connectivity index (χ3n) is 4.02. The zero-order valence-corrected chi connectivity index (χ0v) is 11.6. The van der Waals surface area contributed by atoms with E-state index in [0.717, 1.165) is 12.0 Å². The van der Waals surface area contributed by atoms with Crippen molar-refractivity contribution in [1.82, 2.24) is 0 Å². The summed E-state index contributed by atoms with van der Waals surface area (Å²) in [6.45, 7) is 4.93. The van der Waals surface area contributed by atoms with Gasteiger partial charge in [-0.1, -0.05) is 38.1 Å². The Hall–Kier alpha value is -1.37. The van der Waals surface area contributed by atoms with Crippen LogP contribution in [-0.4, -0.2) is 18.3 Å². The number of aliphatic hydroxyl groups excluding tert-OH is 1. The van der Waals surface area contributed by atoms with E-state index in [1.165, 1.54) is 5.56 Å². The molecule has 0 bridgehead atoms. The van der Waals surface area contributed by atoms with Crippen LogP contribution in [0.15, 0.2) is 24.3 Å². The Kier molecular flexibility index (Phi) is 3.93. The third-order valence-corrected chi connectivity index (χ3v) is 4.02. The number of ether oxygens (including phenoxy) is 1. The molecule has 3 heteroatoms. The van der Waals surface area contributed by atoms with Crippen molar-refractivity contribution < 1.29 is 9.84 Å². The zero-order valence-electron chi connectivity index (χ0n) is 11.6. The van der Waals surface area contributed by atoms with E-state index >= 15 is 0 Å². The summed E-state index contributed by atoms with van der Waals surface area (Å²) in [5.74, 6) is 0. The Morgan fingerprint density at radius 1 is 1.26 bits per heavy atom. The predicted octanol–water partition coefficient (Wildman–Crippen LogP) is 2.88. The second kappa shape index (κ2) is 5.32. The number of nitrogens with zero attached hydrogens (tertiary/aromatic N) is 1. The first-order valence-electron chi connectivity index (χ1n) is 6.82. The molecule has 3 nitrogen and oxygen atoms in total. The van der Waals surface area contributed by atoms with Gasteiger partial charge < -0.3 is 9.84 Å². The average molecular weight is 259 g/mol. The molecule has 1 N–H and O–H groups in total. The summed E-state index contributed by atoms with van der Waals surface area (Å²) in [6.07, 6.45) is 2.20. The SMILES string of the molecule is CC1(C)CCC(C#N)(OCCCO)c2ccccc21. The molecule has 1 aromatic carbocycles. The molecule has 0 amide bonds. The molecule has 1 unspecified atom stereocenters. The summed E-state index contributed by atoms with van der Waals surface area (Å²) in [4.78, 5) is 0. The molecule has 1 aliphatic carbocycles. The van der Waals surface area contributed by atoms with Gasteiger partial charge in [-0.15, -0.1) is 0 Å². The molecule has 0 spiro atoms. The summed E-state index contributed by atoms with van der Waals surface area (Å²) in [6, 6.07) is 10.4. The Balaban J connectivity index is 2.39. The van der Waals surface area contributed by atoms with E-state index < -0.39 is 5.60 Å². The number of aliphatic hydroxyl groups is 1. The topological polar surface area (TPSA) is 53.2 Å². The van der Waals surface area contributed by atoms with Crippen LogP contribution >= 0.6 is 0 Å². The van der Waals surface area contributed by atoms with Gasteiger partial charge in [-0.3, -0.25) is 0 Å². The van der Waals surface area contributed by atoms with Gasteiger partial charge in [0.2, 0.25) is 0 Å². The highest BCUT2D eigenvalue weighted by Crippen LogP contribution is 2.46. The van der Waals surface area contributed by atoms with Gasteiger partial charge in [-0.05, 0) is 30.2 Å². The minimum atomic E-state index is -0.846. The lowest BCUT2D eigenvalue weighted by Gasteiger charge is -2.41. The van der Waals surface area contributed by atoms with Gasteiger partial charge in [0.15, 0.2) is 5.60 Å². The van der Waals surface area contributed by atoms with E-state index in [1.54, 1.807) is 0 Å². The van der Waals surface area contributed by atoms with Crippen LogP contribution in [0, 0.1) is 11.3 Å². The fourth-order valence-electron chi connectivity index (χ4n) is 2.79. The minimum Gasteiger partial charge on any atom is -0.396 e.